The lowest BCUT2D eigenvalue weighted by molar-refractivity contribution is 1.23. The van der Waals surface area contributed by atoms with Crippen molar-refractivity contribution in [1.29, 1.82) is 0 Å². The minimum absolute atomic E-state index is 0.661. The van der Waals surface area contributed by atoms with E-state index in [-0.39, 0.29) is 0 Å². The molecule has 0 N–H and O–H groups in total. The first-order valence-corrected chi connectivity index (χ1v) is 18.3. The van der Waals surface area contributed by atoms with Gasteiger partial charge in [0.1, 0.15) is 0 Å². The number of pyridine rings is 3. The Hall–Kier alpha value is -6.89. The summed E-state index contributed by atoms with van der Waals surface area (Å²) >= 11 is 1.74. The molecule has 5 nitrogen and oxygen atoms in total. The summed E-state index contributed by atoms with van der Waals surface area (Å²) in [5.74, 6) is 0.661. The van der Waals surface area contributed by atoms with Crippen LogP contribution in [0.25, 0.3) is 98.7 Å². The molecule has 53 heavy (non-hydrogen) atoms. The lowest BCUT2D eigenvalue weighted by Crippen LogP contribution is -1.96. The minimum Gasteiger partial charge on any atom is -0.256 e. The van der Waals surface area contributed by atoms with Gasteiger partial charge in [0.25, 0.3) is 0 Å². The molecule has 0 aliphatic heterocycles. The number of nitrogens with zero attached hydrogens (tertiary/aromatic N) is 5. The van der Waals surface area contributed by atoms with Crippen molar-refractivity contribution in [3.05, 3.63) is 176 Å². The molecule has 5 aromatic carbocycles. The summed E-state index contributed by atoms with van der Waals surface area (Å²) < 4.78 is 1.15. The zero-order valence-electron chi connectivity index (χ0n) is 28.4. The standard InChI is InChI=1S/C47H29N5S/c1-2-13-30(14-3-1)31-23-25-32(26-24-31)43-35-17-4-6-19-37(35)51-47(52-43)34-16-12-15-33(29-34)44-42-41(39-21-8-10-27-48-39)46(40-22-9-11-28-49-40)53-45(42)36-18-5-7-20-38(36)50-44/h1-29H. The first-order valence-electron chi connectivity index (χ1n) is 17.5. The Kier molecular flexibility index (Phi) is 7.59. The molecular formula is C47H29N5S. The van der Waals surface area contributed by atoms with Crippen molar-refractivity contribution in [3.63, 3.8) is 0 Å². The van der Waals surface area contributed by atoms with Gasteiger partial charge in [0.2, 0.25) is 0 Å². The van der Waals surface area contributed by atoms with Gasteiger partial charge in [-0.3, -0.25) is 9.97 Å². The summed E-state index contributed by atoms with van der Waals surface area (Å²) in [6.45, 7) is 0. The fourth-order valence-corrected chi connectivity index (χ4v) is 8.43. The van der Waals surface area contributed by atoms with Gasteiger partial charge >= 0.3 is 0 Å². The lowest BCUT2D eigenvalue weighted by atomic mass is 9.97. The average molecular weight is 696 g/mol. The summed E-state index contributed by atoms with van der Waals surface area (Å²) in [4.78, 5) is 26.4. The van der Waals surface area contributed by atoms with Crippen LogP contribution in [0.5, 0.6) is 0 Å². The molecule has 0 radical (unpaired) electrons. The van der Waals surface area contributed by atoms with Crippen LogP contribution in [-0.2, 0) is 0 Å². The Morgan fingerprint density at radius 2 is 1.00 bits per heavy atom. The molecule has 0 unspecified atom stereocenters. The van der Waals surface area contributed by atoms with E-state index in [9.17, 15) is 0 Å². The second-order valence-electron chi connectivity index (χ2n) is 12.9. The molecule has 0 atom stereocenters. The topological polar surface area (TPSA) is 64.5 Å². The molecule has 0 bridgehead atoms. The van der Waals surface area contributed by atoms with E-state index >= 15 is 0 Å². The fraction of sp³-hybridized carbons (Fsp3) is 0. The lowest BCUT2D eigenvalue weighted by Gasteiger charge is -2.12. The van der Waals surface area contributed by atoms with Gasteiger partial charge in [0, 0.05) is 55.5 Å². The van der Waals surface area contributed by atoms with E-state index in [1.54, 1.807) is 11.3 Å². The highest BCUT2D eigenvalue weighted by Gasteiger charge is 2.24. The molecule has 0 aliphatic rings. The molecule has 10 aromatic rings. The number of benzene rings is 5. The van der Waals surface area contributed by atoms with Gasteiger partial charge in [-0.2, -0.15) is 0 Å². The Morgan fingerprint density at radius 3 is 1.75 bits per heavy atom. The normalized spacial score (nSPS) is 11.4. The molecule has 248 valence electrons. The zero-order valence-corrected chi connectivity index (χ0v) is 29.2. The highest BCUT2D eigenvalue weighted by atomic mass is 32.1. The van der Waals surface area contributed by atoms with Crippen molar-refractivity contribution < 1.29 is 0 Å². The summed E-state index contributed by atoms with van der Waals surface area (Å²) in [5, 5.41) is 3.18. The number of hydrogen-bond acceptors (Lipinski definition) is 6. The van der Waals surface area contributed by atoms with Crippen LogP contribution in [0.2, 0.25) is 0 Å². The van der Waals surface area contributed by atoms with Gasteiger partial charge in [-0.25, -0.2) is 15.0 Å². The molecule has 6 heteroatoms. The highest BCUT2D eigenvalue weighted by Crippen LogP contribution is 2.49. The molecule has 5 heterocycles. The van der Waals surface area contributed by atoms with E-state index in [0.717, 1.165) is 81.8 Å². The predicted molar refractivity (Wildman–Crippen MR) is 218 cm³/mol. The van der Waals surface area contributed by atoms with Gasteiger partial charge in [-0.1, -0.05) is 121 Å². The molecule has 0 spiro atoms. The van der Waals surface area contributed by atoms with Crippen LogP contribution in [0.1, 0.15) is 0 Å². The van der Waals surface area contributed by atoms with Crippen LogP contribution < -0.4 is 0 Å². The monoisotopic (exact) mass is 695 g/mol. The van der Waals surface area contributed by atoms with Crippen molar-refractivity contribution in [3.8, 4) is 66.9 Å². The highest BCUT2D eigenvalue weighted by molar-refractivity contribution is 7.24. The fourth-order valence-electron chi connectivity index (χ4n) is 7.11. The Bertz CT molecular complexity index is 2930. The van der Waals surface area contributed by atoms with Crippen LogP contribution >= 0.6 is 11.3 Å². The van der Waals surface area contributed by atoms with Gasteiger partial charge in [-0.05, 0) is 53.6 Å². The second-order valence-corrected chi connectivity index (χ2v) is 13.9. The van der Waals surface area contributed by atoms with Crippen LogP contribution in [0, 0.1) is 0 Å². The SMILES string of the molecule is c1ccc(-c2ccc(-c3nc(-c4cccc(-c5nc6ccccc6c6sc(-c7ccccn7)c(-c7ccccn7)c56)c4)nc4ccccc34)cc2)cc1. The molecule has 0 fully saturated rings. The van der Waals surface area contributed by atoms with Gasteiger partial charge in [-0.15, -0.1) is 11.3 Å². The van der Waals surface area contributed by atoms with E-state index in [0.29, 0.717) is 5.82 Å². The number of hydrogen-bond donors (Lipinski definition) is 0. The van der Waals surface area contributed by atoms with E-state index in [1.807, 2.05) is 60.9 Å². The number of fused-ring (bicyclic) bond motifs is 4. The maximum Gasteiger partial charge on any atom is 0.160 e. The van der Waals surface area contributed by atoms with Gasteiger partial charge in [0.05, 0.1) is 38.7 Å². The molecule has 0 amide bonds. The van der Waals surface area contributed by atoms with Crippen molar-refractivity contribution >= 4 is 43.2 Å². The summed E-state index contributed by atoms with van der Waals surface area (Å²) in [6.07, 6.45) is 3.69. The van der Waals surface area contributed by atoms with E-state index < -0.39 is 0 Å². The molecule has 10 rings (SSSR count). The Morgan fingerprint density at radius 1 is 0.396 bits per heavy atom. The first-order chi connectivity index (χ1) is 26.3. The van der Waals surface area contributed by atoms with E-state index in [1.165, 1.54) is 11.1 Å². The zero-order chi connectivity index (χ0) is 35.1. The van der Waals surface area contributed by atoms with E-state index in [4.69, 9.17) is 24.9 Å². The minimum atomic E-state index is 0.661. The quantitative estimate of drug-likeness (QED) is 0.173. The van der Waals surface area contributed by atoms with Crippen molar-refractivity contribution in [2.24, 2.45) is 0 Å². The van der Waals surface area contributed by atoms with Crippen molar-refractivity contribution in [2.75, 3.05) is 0 Å². The number of rotatable bonds is 6. The van der Waals surface area contributed by atoms with Crippen molar-refractivity contribution in [2.45, 2.75) is 0 Å². The van der Waals surface area contributed by atoms with Crippen LogP contribution in [0.4, 0.5) is 0 Å². The maximum absolute atomic E-state index is 5.37. The molecule has 0 saturated carbocycles. The Labute approximate surface area is 310 Å². The van der Waals surface area contributed by atoms with E-state index in [2.05, 4.69) is 115 Å². The largest absolute Gasteiger partial charge is 0.256 e. The number of thiophene rings is 1. The smallest absolute Gasteiger partial charge is 0.160 e. The van der Waals surface area contributed by atoms with Gasteiger partial charge in [0.15, 0.2) is 5.82 Å². The molecular weight excluding hydrogens is 667 g/mol. The summed E-state index contributed by atoms with van der Waals surface area (Å²) in [7, 11) is 0. The first kappa shape index (κ1) is 30.9. The molecule has 0 saturated heterocycles. The third-order valence-corrected chi connectivity index (χ3v) is 10.9. The molecule has 5 aromatic heterocycles. The van der Waals surface area contributed by atoms with Crippen LogP contribution in [0.3, 0.4) is 0 Å². The second kappa shape index (κ2) is 13.0. The summed E-state index contributed by atoms with van der Waals surface area (Å²) in [6, 6.07) is 56.2. The third-order valence-electron chi connectivity index (χ3n) is 9.61. The number of aromatic nitrogens is 5. The van der Waals surface area contributed by atoms with Crippen LogP contribution in [-0.4, -0.2) is 24.9 Å². The average Bonchev–Trinajstić information content (AvgIpc) is 3.65. The Balaban J connectivity index is 1.17. The third kappa shape index (κ3) is 5.53. The predicted octanol–water partition coefficient (Wildman–Crippen LogP) is 12.2. The van der Waals surface area contributed by atoms with Gasteiger partial charge < -0.3 is 0 Å². The summed E-state index contributed by atoms with van der Waals surface area (Å²) in [5.41, 5.74) is 11.7. The number of para-hydroxylation sites is 2. The maximum atomic E-state index is 5.37. The molecule has 0 aliphatic carbocycles. The van der Waals surface area contributed by atoms with Crippen molar-refractivity contribution in [1.82, 2.24) is 24.9 Å². The van der Waals surface area contributed by atoms with Crippen LogP contribution in [0.15, 0.2) is 176 Å².